The molecule has 16 heavy (non-hydrogen) atoms. The number of carboxylic acids is 3. The number of carboxylic acid groups (broad SMARTS) is 3. The van der Waals surface area contributed by atoms with Gasteiger partial charge in [-0.3, -0.25) is 0 Å². The number of carbonyl (C=O) groups excluding carboxylic acids is 1. The van der Waals surface area contributed by atoms with Gasteiger partial charge in [-0.25, -0.2) is 9.59 Å². The number of rotatable bonds is 3. The van der Waals surface area contributed by atoms with Crippen LogP contribution in [0.15, 0.2) is 38.0 Å². The van der Waals surface area contributed by atoms with Crippen LogP contribution in [-0.2, 0) is 14.4 Å². The zero-order valence-corrected chi connectivity index (χ0v) is 10.9. The summed E-state index contributed by atoms with van der Waals surface area (Å²) in [7, 11) is 0. The van der Waals surface area contributed by atoms with Crippen molar-refractivity contribution in [2.75, 3.05) is 0 Å². The van der Waals surface area contributed by atoms with E-state index < -0.39 is 17.9 Å². The molecule has 7 heteroatoms. The van der Waals surface area contributed by atoms with Gasteiger partial charge in [0, 0.05) is 12.2 Å². The SMILES string of the molecule is C=CC(=O)O.C=CC(=O)O.C=CC(=O)[O-].[Na+]. The Labute approximate surface area is 115 Å². The van der Waals surface area contributed by atoms with Crippen molar-refractivity contribution >= 4 is 17.9 Å². The third-order valence-corrected chi connectivity index (χ3v) is 0.516. The van der Waals surface area contributed by atoms with Gasteiger partial charge in [-0.1, -0.05) is 19.7 Å². The van der Waals surface area contributed by atoms with Crippen molar-refractivity contribution < 1.29 is 59.3 Å². The molecular weight excluding hydrogens is 227 g/mol. The van der Waals surface area contributed by atoms with E-state index in [0.717, 1.165) is 18.2 Å². The van der Waals surface area contributed by atoms with Gasteiger partial charge in [0.15, 0.2) is 0 Å². The summed E-state index contributed by atoms with van der Waals surface area (Å²) in [6.07, 6.45) is 2.39. The van der Waals surface area contributed by atoms with Crippen molar-refractivity contribution in [2.45, 2.75) is 0 Å². The number of hydrogen-bond acceptors (Lipinski definition) is 4. The van der Waals surface area contributed by atoms with E-state index in [1.54, 1.807) is 0 Å². The van der Waals surface area contributed by atoms with E-state index in [2.05, 4.69) is 19.7 Å². The topological polar surface area (TPSA) is 115 Å². The maximum absolute atomic E-state index is 9.25. The third-order valence-electron chi connectivity index (χ3n) is 0.516. The molecule has 0 saturated heterocycles. The van der Waals surface area contributed by atoms with E-state index in [0.29, 0.717) is 0 Å². The first kappa shape index (κ1) is 24.1. The van der Waals surface area contributed by atoms with Crippen molar-refractivity contribution in [1.82, 2.24) is 0 Å². The maximum atomic E-state index is 9.25. The molecule has 0 bridgehead atoms. The van der Waals surface area contributed by atoms with Crippen molar-refractivity contribution in [3.05, 3.63) is 38.0 Å². The van der Waals surface area contributed by atoms with Crippen LogP contribution >= 0.6 is 0 Å². The summed E-state index contributed by atoms with van der Waals surface area (Å²) in [5.41, 5.74) is 0. The molecule has 6 nitrogen and oxygen atoms in total. The normalized spacial score (nSPS) is 6.00. The quantitative estimate of drug-likeness (QED) is 0.388. The van der Waals surface area contributed by atoms with Crippen LogP contribution in [-0.4, -0.2) is 28.1 Å². The second kappa shape index (κ2) is 19.2. The Morgan fingerprint density at radius 3 is 1.00 bits per heavy atom. The van der Waals surface area contributed by atoms with Gasteiger partial charge in [0.05, 0.1) is 5.97 Å². The molecule has 0 aliphatic carbocycles. The summed E-state index contributed by atoms with van der Waals surface area (Å²) < 4.78 is 0. The summed E-state index contributed by atoms with van der Waals surface area (Å²) in [5.74, 6) is -3.19. The smallest absolute Gasteiger partial charge is 0.545 e. The van der Waals surface area contributed by atoms with Crippen molar-refractivity contribution in [1.29, 1.82) is 0 Å². The maximum Gasteiger partial charge on any atom is 1.00 e. The van der Waals surface area contributed by atoms with Crippen molar-refractivity contribution in [3.63, 3.8) is 0 Å². The van der Waals surface area contributed by atoms with Crippen LogP contribution < -0.4 is 34.7 Å². The zero-order chi connectivity index (χ0) is 12.9. The molecule has 0 aliphatic rings. The average Bonchev–Trinajstić information content (AvgIpc) is 2.19. The molecule has 0 fully saturated rings. The number of aliphatic carboxylic acids is 3. The molecule has 2 N–H and O–H groups in total. The summed E-state index contributed by atoms with van der Waals surface area (Å²) in [5, 5.41) is 24.3. The van der Waals surface area contributed by atoms with Gasteiger partial charge < -0.3 is 20.1 Å². The van der Waals surface area contributed by atoms with Gasteiger partial charge in [0.1, 0.15) is 0 Å². The monoisotopic (exact) mass is 238 g/mol. The average molecular weight is 238 g/mol. The van der Waals surface area contributed by atoms with Gasteiger partial charge in [0.25, 0.3) is 0 Å². The van der Waals surface area contributed by atoms with Gasteiger partial charge in [-0.05, 0) is 6.08 Å². The molecule has 0 unspecified atom stereocenters. The second-order valence-corrected chi connectivity index (χ2v) is 1.61. The molecule has 0 aromatic heterocycles. The van der Waals surface area contributed by atoms with Gasteiger partial charge in [0.2, 0.25) is 0 Å². The number of hydrogen-bond donors (Lipinski definition) is 2. The van der Waals surface area contributed by atoms with E-state index in [-0.39, 0.29) is 29.6 Å². The van der Waals surface area contributed by atoms with E-state index in [4.69, 9.17) is 20.1 Å². The predicted molar refractivity (Wildman–Crippen MR) is 50.9 cm³/mol. The molecule has 0 aromatic carbocycles. The molecule has 0 heterocycles. The Bertz CT molecular complexity index is 216. The molecule has 0 spiro atoms. The molecule has 0 aromatic rings. The van der Waals surface area contributed by atoms with Crippen LogP contribution in [0, 0.1) is 0 Å². The summed E-state index contributed by atoms with van der Waals surface area (Å²) in [6, 6.07) is 0. The van der Waals surface area contributed by atoms with Crippen LogP contribution in [0.25, 0.3) is 0 Å². The standard InChI is InChI=1S/3C3H4O2.Na/c3*1-2-3(4)5;/h3*2H,1H2,(H,4,5);/q;;;+1/p-1. The molecule has 0 atom stereocenters. The molecule has 0 radical (unpaired) electrons. The molecule has 0 aliphatic heterocycles. The number of carbonyl (C=O) groups is 3. The molecule has 0 rings (SSSR count). The van der Waals surface area contributed by atoms with Gasteiger partial charge >= 0.3 is 41.5 Å². The first-order chi connectivity index (χ1) is 6.81. The molecule has 0 saturated carbocycles. The largest absolute Gasteiger partial charge is 1.00 e. The fraction of sp³-hybridized carbons (Fsp3) is 0. The molecule has 0 amide bonds. The van der Waals surface area contributed by atoms with E-state index in [1.165, 1.54) is 0 Å². The Balaban J connectivity index is -0.0000000655. The molecular formula is C9H11NaO6. The van der Waals surface area contributed by atoms with Gasteiger partial charge in [-0.2, -0.15) is 0 Å². The van der Waals surface area contributed by atoms with Crippen LogP contribution in [0.1, 0.15) is 0 Å². The fourth-order valence-electron chi connectivity index (χ4n) is 0. The minimum Gasteiger partial charge on any atom is -0.545 e. The summed E-state index contributed by atoms with van der Waals surface area (Å²) in [4.78, 5) is 27.6. The Morgan fingerprint density at radius 1 is 0.875 bits per heavy atom. The Kier molecular flexibility index (Phi) is 28.9. The summed E-state index contributed by atoms with van der Waals surface area (Å²) in [6.45, 7) is 8.82. The summed E-state index contributed by atoms with van der Waals surface area (Å²) >= 11 is 0. The Morgan fingerprint density at radius 2 is 1.00 bits per heavy atom. The Hall–Kier alpha value is -1.37. The van der Waals surface area contributed by atoms with Crippen molar-refractivity contribution in [2.24, 2.45) is 0 Å². The second-order valence-electron chi connectivity index (χ2n) is 1.61. The minimum absolute atomic E-state index is 0. The third kappa shape index (κ3) is 79.7. The first-order valence-electron chi connectivity index (χ1n) is 3.35. The van der Waals surface area contributed by atoms with Gasteiger partial charge in [-0.15, -0.1) is 0 Å². The minimum atomic E-state index is -1.23. The van der Waals surface area contributed by atoms with Crippen molar-refractivity contribution in [3.8, 4) is 0 Å². The van der Waals surface area contributed by atoms with Crippen LogP contribution in [0.3, 0.4) is 0 Å². The fourth-order valence-corrected chi connectivity index (χ4v) is 0. The van der Waals surface area contributed by atoms with E-state index >= 15 is 0 Å². The van der Waals surface area contributed by atoms with E-state index in [1.807, 2.05) is 0 Å². The zero-order valence-electron chi connectivity index (χ0n) is 8.88. The van der Waals surface area contributed by atoms with Crippen LogP contribution in [0.5, 0.6) is 0 Å². The van der Waals surface area contributed by atoms with Crippen LogP contribution in [0.4, 0.5) is 0 Å². The molecule has 84 valence electrons. The first-order valence-corrected chi connectivity index (χ1v) is 3.35. The van der Waals surface area contributed by atoms with Crippen LogP contribution in [0.2, 0.25) is 0 Å². The predicted octanol–water partition coefficient (Wildman–Crippen LogP) is -3.56. The van der Waals surface area contributed by atoms with E-state index in [9.17, 15) is 9.59 Å².